The lowest BCUT2D eigenvalue weighted by Gasteiger charge is -2.38. The number of amides is 1. The molecular formula is C12H20N2O6S. The first-order valence-corrected chi connectivity index (χ1v) is 8.71. The molecule has 0 spiro atoms. The number of hydrogen-bond acceptors (Lipinski definition) is 5. The number of hydrogen-bond donors (Lipinski definition) is 1. The van der Waals surface area contributed by atoms with Gasteiger partial charge in [-0.1, -0.05) is 0 Å². The third kappa shape index (κ3) is 3.72. The van der Waals surface area contributed by atoms with E-state index < -0.39 is 28.0 Å². The SMILES string of the molecule is CS(=O)(=O)N1CCC[C@@H](C(=O)N2CCOC[C@H]2C(=O)O)C1. The molecule has 2 saturated heterocycles. The van der Waals surface area contributed by atoms with Crippen LogP contribution in [0.4, 0.5) is 0 Å². The van der Waals surface area contributed by atoms with Crippen molar-refractivity contribution in [1.82, 2.24) is 9.21 Å². The summed E-state index contributed by atoms with van der Waals surface area (Å²) in [5, 5.41) is 9.16. The Hall–Kier alpha value is -1.19. The molecule has 2 aliphatic rings. The van der Waals surface area contributed by atoms with Gasteiger partial charge in [0, 0.05) is 19.6 Å². The monoisotopic (exact) mass is 320 g/mol. The van der Waals surface area contributed by atoms with Crippen molar-refractivity contribution in [1.29, 1.82) is 0 Å². The van der Waals surface area contributed by atoms with Crippen molar-refractivity contribution in [3.63, 3.8) is 0 Å². The minimum atomic E-state index is -3.33. The molecule has 21 heavy (non-hydrogen) atoms. The smallest absolute Gasteiger partial charge is 0.328 e. The highest BCUT2D eigenvalue weighted by Crippen LogP contribution is 2.22. The maximum atomic E-state index is 12.5. The normalized spacial score (nSPS) is 28.3. The van der Waals surface area contributed by atoms with Crippen molar-refractivity contribution in [2.24, 2.45) is 5.92 Å². The summed E-state index contributed by atoms with van der Waals surface area (Å²) in [6, 6.07) is -0.986. The number of carboxylic acids is 1. The Balaban J connectivity index is 2.09. The molecular weight excluding hydrogens is 300 g/mol. The van der Waals surface area contributed by atoms with Gasteiger partial charge in [0.05, 0.1) is 25.4 Å². The molecule has 120 valence electrons. The van der Waals surface area contributed by atoms with Crippen LogP contribution in [-0.2, 0) is 24.3 Å². The van der Waals surface area contributed by atoms with Gasteiger partial charge < -0.3 is 14.7 Å². The predicted molar refractivity (Wildman–Crippen MR) is 73.1 cm³/mol. The average molecular weight is 320 g/mol. The average Bonchev–Trinajstić information content (AvgIpc) is 2.45. The Labute approximate surface area is 123 Å². The summed E-state index contributed by atoms with van der Waals surface area (Å²) >= 11 is 0. The van der Waals surface area contributed by atoms with E-state index in [0.29, 0.717) is 26.0 Å². The second-order valence-corrected chi connectivity index (χ2v) is 7.40. The highest BCUT2D eigenvalue weighted by atomic mass is 32.2. The first-order chi connectivity index (χ1) is 9.80. The van der Waals surface area contributed by atoms with Crippen molar-refractivity contribution in [2.45, 2.75) is 18.9 Å². The van der Waals surface area contributed by atoms with Crippen LogP contribution in [0.25, 0.3) is 0 Å². The molecule has 0 aromatic carbocycles. The third-order valence-corrected chi connectivity index (χ3v) is 5.17. The van der Waals surface area contributed by atoms with E-state index in [0.717, 1.165) is 6.26 Å². The van der Waals surface area contributed by atoms with Crippen LogP contribution in [0.5, 0.6) is 0 Å². The quantitative estimate of drug-likeness (QED) is 0.713. The summed E-state index contributed by atoms with van der Waals surface area (Å²) in [7, 11) is -3.33. The van der Waals surface area contributed by atoms with Crippen LogP contribution in [0.2, 0.25) is 0 Å². The summed E-state index contributed by atoms with van der Waals surface area (Å²) in [6.45, 7) is 1.04. The first kappa shape index (κ1) is 16.2. The van der Waals surface area contributed by atoms with Crippen LogP contribution in [0.15, 0.2) is 0 Å². The lowest BCUT2D eigenvalue weighted by atomic mass is 9.97. The number of sulfonamides is 1. The number of carbonyl (C=O) groups is 2. The van der Waals surface area contributed by atoms with Gasteiger partial charge in [-0.15, -0.1) is 0 Å². The minimum absolute atomic E-state index is 0.0242. The number of aliphatic carboxylic acids is 1. The van der Waals surface area contributed by atoms with Crippen LogP contribution >= 0.6 is 0 Å². The van der Waals surface area contributed by atoms with Gasteiger partial charge in [0.25, 0.3) is 0 Å². The lowest BCUT2D eigenvalue weighted by molar-refractivity contribution is -0.160. The minimum Gasteiger partial charge on any atom is -0.480 e. The lowest BCUT2D eigenvalue weighted by Crippen LogP contribution is -2.56. The largest absolute Gasteiger partial charge is 0.480 e. The van der Waals surface area contributed by atoms with E-state index in [4.69, 9.17) is 9.84 Å². The van der Waals surface area contributed by atoms with Gasteiger partial charge in [-0.25, -0.2) is 17.5 Å². The van der Waals surface area contributed by atoms with E-state index in [2.05, 4.69) is 0 Å². The first-order valence-electron chi connectivity index (χ1n) is 6.87. The maximum Gasteiger partial charge on any atom is 0.328 e. The number of rotatable bonds is 3. The molecule has 2 rings (SSSR count). The fraction of sp³-hybridized carbons (Fsp3) is 0.833. The van der Waals surface area contributed by atoms with Gasteiger partial charge in [-0.05, 0) is 12.8 Å². The predicted octanol–water partition coefficient (Wildman–Crippen LogP) is -1.03. The number of ether oxygens (including phenoxy) is 1. The summed E-state index contributed by atoms with van der Waals surface area (Å²) in [5.74, 6) is -1.87. The van der Waals surface area contributed by atoms with E-state index in [1.807, 2.05) is 0 Å². The topological polar surface area (TPSA) is 104 Å². The second-order valence-electron chi connectivity index (χ2n) is 5.42. The van der Waals surface area contributed by atoms with E-state index in [-0.39, 0.29) is 25.6 Å². The number of morpholine rings is 1. The fourth-order valence-corrected chi connectivity index (χ4v) is 3.66. The van der Waals surface area contributed by atoms with Gasteiger partial charge in [0.2, 0.25) is 15.9 Å². The molecule has 0 bridgehead atoms. The van der Waals surface area contributed by atoms with Crippen molar-refractivity contribution in [3.8, 4) is 0 Å². The van der Waals surface area contributed by atoms with Gasteiger partial charge >= 0.3 is 5.97 Å². The van der Waals surface area contributed by atoms with Crippen LogP contribution in [0.1, 0.15) is 12.8 Å². The van der Waals surface area contributed by atoms with E-state index in [9.17, 15) is 18.0 Å². The Kier molecular flexibility index (Phi) is 4.84. The highest BCUT2D eigenvalue weighted by molar-refractivity contribution is 7.88. The molecule has 2 heterocycles. The maximum absolute atomic E-state index is 12.5. The van der Waals surface area contributed by atoms with Crippen LogP contribution in [-0.4, -0.2) is 79.8 Å². The summed E-state index contributed by atoms with van der Waals surface area (Å²) in [6.07, 6.45) is 2.30. The molecule has 9 heteroatoms. The number of nitrogens with zero attached hydrogens (tertiary/aromatic N) is 2. The zero-order chi connectivity index (χ0) is 15.6. The van der Waals surface area contributed by atoms with Crippen molar-refractivity contribution in [2.75, 3.05) is 39.1 Å². The van der Waals surface area contributed by atoms with E-state index >= 15 is 0 Å². The van der Waals surface area contributed by atoms with Crippen LogP contribution in [0, 0.1) is 5.92 Å². The molecule has 2 atom stereocenters. The van der Waals surface area contributed by atoms with Crippen molar-refractivity contribution in [3.05, 3.63) is 0 Å². The zero-order valence-electron chi connectivity index (χ0n) is 11.9. The zero-order valence-corrected chi connectivity index (χ0v) is 12.7. The fourth-order valence-electron chi connectivity index (χ4n) is 2.75. The molecule has 0 aromatic heterocycles. The Bertz CT molecular complexity index is 520. The van der Waals surface area contributed by atoms with Crippen LogP contribution in [0.3, 0.4) is 0 Å². The number of piperidine rings is 1. The van der Waals surface area contributed by atoms with E-state index in [1.165, 1.54) is 9.21 Å². The van der Waals surface area contributed by atoms with Crippen LogP contribution < -0.4 is 0 Å². The highest BCUT2D eigenvalue weighted by Gasteiger charge is 2.38. The second kappa shape index (κ2) is 6.29. The molecule has 1 N–H and O–H groups in total. The van der Waals surface area contributed by atoms with Gasteiger partial charge in [-0.3, -0.25) is 4.79 Å². The molecule has 0 aliphatic carbocycles. The van der Waals surface area contributed by atoms with Gasteiger partial charge in [-0.2, -0.15) is 0 Å². The van der Waals surface area contributed by atoms with Crippen molar-refractivity contribution >= 4 is 21.9 Å². The Morgan fingerprint density at radius 3 is 2.62 bits per heavy atom. The van der Waals surface area contributed by atoms with E-state index in [1.54, 1.807) is 0 Å². The van der Waals surface area contributed by atoms with Gasteiger partial charge in [0.1, 0.15) is 0 Å². The molecule has 8 nitrogen and oxygen atoms in total. The summed E-state index contributed by atoms with van der Waals surface area (Å²) in [5.41, 5.74) is 0. The third-order valence-electron chi connectivity index (χ3n) is 3.90. The summed E-state index contributed by atoms with van der Waals surface area (Å²) < 4.78 is 29.6. The molecule has 0 saturated carbocycles. The summed E-state index contributed by atoms with van der Waals surface area (Å²) in [4.78, 5) is 25.0. The Morgan fingerprint density at radius 2 is 2.00 bits per heavy atom. The molecule has 2 fully saturated rings. The van der Waals surface area contributed by atoms with Gasteiger partial charge in [0.15, 0.2) is 6.04 Å². The molecule has 2 aliphatic heterocycles. The number of carboxylic acid groups (broad SMARTS) is 1. The Morgan fingerprint density at radius 1 is 1.29 bits per heavy atom. The molecule has 0 radical (unpaired) electrons. The standard InChI is InChI=1S/C12H20N2O6S/c1-21(18,19)13-4-2-3-9(7-13)11(15)14-5-6-20-8-10(14)12(16)17/h9-10H,2-8H2,1H3,(H,16,17)/t9-,10+/m1/s1. The van der Waals surface area contributed by atoms with Crippen molar-refractivity contribution < 1.29 is 27.9 Å². The number of carbonyl (C=O) groups excluding carboxylic acids is 1. The molecule has 1 amide bonds. The molecule has 0 unspecified atom stereocenters. The molecule has 0 aromatic rings.